The van der Waals surface area contributed by atoms with Crippen LogP contribution in [-0.2, 0) is 0 Å². The first kappa shape index (κ1) is 12.8. The van der Waals surface area contributed by atoms with Crippen LogP contribution in [-0.4, -0.2) is 35.4 Å². The molecule has 0 amide bonds. The van der Waals surface area contributed by atoms with Gasteiger partial charge in [0.2, 0.25) is 5.96 Å². The Balaban J connectivity index is 1.64. The third kappa shape index (κ3) is 2.35. The van der Waals surface area contributed by atoms with E-state index in [9.17, 15) is 0 Å². The first-order chi connectivity index (χ1) is 11.8. The molecule has 5 rings (SSSR count). The lowest BCUT2D eigenvalue weighted by Crippen LogP contribution is -2.32. The van der Waals surface area contributed by atoms with E-state index in [1.165, 1.54) is 0 Å². The highest BCUT2D eigenvalue weighted by Crippen LogP contribution is 2.16. The quantitative estimate of drug-likeness (QED) is 0.696. The molecule has 0 aromatic rings. The summed E-state index contributed by atoms with van der Waals surface area (Å²) < 4.78 is 0. The summed E-state index contributed by atoms with van der Waals surface area (Å²) in [7, 11) is 0. The molecule has 0 aromatic heterocycles. The first-order valence-corrected chi connectivity index (χ1v) is 7.31. The maximum Gasteiger partial charge on any atom is 0.253 e. The molecule has 5 heterocycles. The zero-order chi connectivity index (χ0) is 15.9. The van der Waals surface area contributed by atoms with Crippen molar-refractivity contribution in [1.29, 1.82) is 0 Å². The molecular formula is C16H10N8. The second-order valence-corrected chi connectivity index (χ2v) is 5.30. The lowest BCUT2D eigenvalue weighted by molar-refractivity contribution is 0.899. The summed E-state index contributed by atoms with van der Waals surface area (Å²) in [5.74, 6) is 1.37. The lowest BCUT2D eigenvalue weighted by atomic mass is 10.3. The summed E-state index contributed by atoms with van der Waals surface area (Å²) in [6.07, 6.45) is 15.0. The Morgan fingerprint density at radius 2 is 1.38 bits per heavy atom. The zero-order valence-corrected chi connectivity index (χ0v) is 12.3. The fourth-order valence-corrected chi connectivity index (χ4v) is 2.48. The number of nitrogens with one attached hydrogen (secondary N) is 2. The Bertz CT molecular complexity index is 989. The van der Waals surface area contributed by atoms with E-state index in [2.05, 4.69) is 40.8 Å². The van der Waals surface area contributed by atoms with E-state index < -0.39 is 0 Å². The SMILES string of the molecule is C1=CC2=NC1=CC1=NC(=NC3=NC(=CC4=NC(=C2)C=C4)C=N3)NN1. The van der Waals surface area contributed by atoms with Crippen LogP contribution in [0.5, 0.6) is 0 Å². The predicted octanol–water partition coefficient (Wildman–Crippen LogP) is 0.976. The van der Waals surface area contributed by atoms with E-state index >= 15 is 0 Å². The highest BCUT2D eigenvalue weighted by Gasteiger charge is 2.14. The molecular weight excluding hydrogens is 304 g/mol. The molecule has 0 saturated heterocycles. The molecule has 24 heavy (non-hydrogen) atoms. The van der Waals surface area contributed by atoms with Gasteiger partial charge in [-0.15, -0.1) is 0 Å². The molecule has 2 N–H and O–H groups in total. The van der Waals surface area contributed by atoms with Crippen molar-refractivity contribution in [1.82, 2.24) is 10.9 Å². The summed E-state index contributed by atoms with van der Waals surface area (Å²) in [6, 6.07) is 0. The molecule has 8 heteroatoms. The molecule has 5 aliphatic heterocycles. The third-order valence-corrected chi connectivity index (χ3v) is 3.52. The summed E-state index contributed by atoms with van der Waals surface area (Å²) in [5.41, 5.74) is 9.81. The van der Waals surface area contributed by atoms with Gasteiger partial charge in [-0.2, -0.15) is 9.98 Å². The zero-order valence-electron chi connectivity index (χ0n) is 12.3. The standard InChI is InChI=1S/C16H10N8/c1-2-11-6-13-8-17-15(20-13)22-16-21-14(23-24-16)7-12-4-3-10(19-12)5-9(1)18-11/h1-8H,(H2,17,20,21,22,23,24). The van der Waals surface area contributed by atoms with Gasteiger partial charge in [0.1, 0.15) is 0 Å². The Labute approximate surface area is 136 Å². The van der Waals surface area contributed by atoms with E-state index in [1.54, 1.807) is 6.21 Å². The number of nitrogens with zero attached hydrogens (tertiary/aromatic N) is 6. The fourth-order valence-electron chi connectivity index (χ4n) is 2.48. The van der Waals surface area contributed by atoms with E-state index in [-0.39, 0.29) is 0 Å². The largest absolute Gasteiger partial charge is 0.282 e. The maximum atomic E-state index is 4.53. The van der Waals surface area contributed by atoms with Crippen molar-refractivity contribution in [2.24, 2.45) is 30.0 Å². The Morgan fingerprint density at radius 3 is 2.21 bits per heavy atom. The van der Waals surface area contributed by atoms with Crippen LogP contribution in [0.1, 0.15) is 0 Å². The summed E-state index contributed by atoms with van der Waals surface area (Å²) >= 11 is 0. The van der Waals surface area contributed by atoms with Gasteiger partial charge in [-0.25, -0.2) is 20.0 Å². The minimum absolute atomic E-state index is 0.342. The number of hydrazine groups is 1. The highest BCUT2D eigenvalue weighted by atomic mass is 15.5. The minimum Gasteiger partial charge on any atom is -0.282 e. The fraction of sp³-hybridized carbons (Fsp3) is 0. The minimum atomic E-state index is 0.342. The van der Waals surface area contributed by atoms with Crippen molar-refractivity contribution in [3.8, 4) is 0 Å². The molecule has 8 bridgehead atoms. The van der Waals surface area contributed by atoms with Crippen LogP contribution in [0.2, 0.25) is 0 Å². The number of hydrogen-bond donors (Lipinski definition) is 2. The second kappa shape index (κ2) is 4.92. The number of rotatable bonds is 0. The van der Waals surface area contributed by atoms with Crippen LogP contribution in [0.25, 0.3) is 0 Å². The van der Waals surface area contributed by atoms with Crippen LogP contribution >= 0.6 is 0 Å². The summed E-state index contributed by atoms with van der Waals surface area (Å²) in [5, 5.41) is 0. The number of aliphatic imine (C=N–C) groups is 6. The number of fused-ring (bicyclic) bond motifs is 4. The maximum absolute atomic E-state index is 4.53. The summed E-state index contributed by atoms with van der Waals surface area (Å²) in [4.78, 5) is 26.2. The van der Waals surface area contributed by atoms with Gasteiger partial charge in [-0.1, -0.05) is 0 Å². The molecule has 8 nitrogen and oxygen atoms in total. The van der Waals surface area contributed by atoms with Gasteiger partial charge < -0.3 is 0 Å². The average Bonchev–Trinajstić information content (AvgIpc) is 3.32. The number of allylic oxidation sites excluding steroid dienone is 7. The molecule has 5 aliphatic rings. The molecule has 0 aromatic carbocycles. The molecule has 114 valence electrons. The number of hydrogen-bond acceptors (Lipinski definition) is 8. The molecule has 0 atom stereocenters. The topological polar surface area (TPSA) is 98.2 Å². The molecule has 0 saturated carbocycles. The number of amidine groups is 1. The first-order valence-electron chi connectivity index (χ1n) is 7.31. The molecule has 0 aliphatic carbocycles. The third-order valence-electron chi connectivity index (χ3n) is 3.52. The van der Waals surface area contributed by atoms with Gasteiger partial charge in [0, 0.05) is 6.08 Å². The van der Waals surface area contributed by atoms with Gasteiger partial charge in [0.25, 0.3) is 5.96 Å². The van der Waals surface area contributed by atoms with E-state index in [4.69, 9.17) is 0 Å². The Hall–Kier alpha value is -3.68. The van der Waals surface area contributed by atoms with Crippen LogP contribution < -0.4 is 10.9 Å². The Morgan fingerprint density at radius 1 is 0.625 bits per heavy atom. The van der Waals surface area contributed by atoms with Crippen molar-refractivity contribution >= 4 is 35.4 Å². The van der Waals surface area contributed by atoms with Gasteiger partial charge in [-0.3, -0.25) is 10.9 Å². The monoisotopic (exact) mass is 314 g/mol. The van der Waals surface area contributed by atoms with Gasteiger partial charge in [0.15, 0.2) is 5.84 Å². The molecule has 0 unspecified atom stereocenters. The predicted molar refractivity (Wildman–Crippen MR) is 94.5 cm³/mol. The van der Waals surface area contributed by atoms with Crippen molar-refractivity contribution in [2.45, 2.75) is 0 Å². The van der Waals surface area contributed by atoms with Crippen LogP contribution in [0.15, 0.2) is 89.6 Å². The van der Waals surface area contributed by atoms with Gasteiger partial charge >= 0.3 is 0 Å². The van der Waals surface area contributed by atoms with E-state index in [0.29, 0.717) is 23.5 Å². The normalized spacial score (nSPS) is 22.7. The van der Waals surface area contributed by atoms with Crippen molar-refractivity contribution in [3.05, 3.63) is 59.6 Å². The number of guanidine groups is 2. The average molecular weight is 314 g/mol. The van der Waals surface area contributed by atoms with E-state index in [1.807, 2.05) is 42.5 Å². The highest BCUT2D eigenvalue weighted by molar-refractivity contribution is 6.16. The van der Waals surface area contributed by atoms with Crippen LogP contribution in [0.4, 0.5) is 0 Å². The van der Waals surface area contributed by atoms with Crippen molar-refractivity contribution < 1.29 is 0 Å². The molecule has 0 spiro atoms. The molecule has 0 fully saturated rings. The van der Waals surface area contributed by atoms with Crippen molar-refractivity contribution in [2.75, 3.05) is 0 Å². The van der Waals surface area contributed by atoms with Crippen LogP contribution in [0, 0.1) is 0 Å². The van der Waals surface area contributed by atoms with Gasteiger partial charge in [0.05, 0.1) is 34.7 Å². The summed E-state index contributed by atoms with van der Waals surface area (Å²) in [6.45, 7) is 0. The molecule has 0 radical (unpaired) electrons. The van der Waals surface area contributed by atoms with Gasteiger partial charge in [-0.05, 0) is 36.5 Å². The van der Waals surface area contributed by atoms with Crippen LogP contribution in [0.3, 0.4) is 0 Å². The Kier molecular flexibility index (Phi) is 2.63. The lowest BCUT2D eigenvalue weighted by Gasteiger charge is -1.95. The smallest absolute Gasteiger partial charge is 0.253 e. The van der Waals surface area contributed by atoms with E-state index in [0.717, 1.165) is 22.8 Å². The second-order valence-electron chi connectivity index (χ2n) is 5.30. The van der Waals surface area contributed by atoms with Crippen molar-refractivity contribution in [3.63, 3.8) is 0 Å².